The average Bonchev–Trinajstić information content (AvgIpc) is 2.92. The van der Waals surface area contributed by atoms with Gasteiger partial charge in [0.05, 0.1) is 22.8 Å². The molecule has 1 aromatic heterocycles. The van der Waals surface area contributed by atoms with Crippen LogP contribution in [0.1, 0.15) is 15.2 Å². The molecule has 0 atom stereocenters. The van der Waals surface area contributed by atoms with E-state index >= 15 is 0 Å². The third kappa shape index (κ3) is 2.08. The fourth-order valence-corrected chi connectivity index (χ4v) is 3.77. The second-order valence-electron chi connectivity index (χ2n) is 4.20. The van der Waals surface area contributed by atoms with E-state index < -0.39 is 17.5 Å². The van der Waals surface area contributed by atoms with Gasteiger partial charge in [-0.2, -0.15) is 0 Å². The number of hydrogen-bond donors (Lipinski definition) is 0. The topological polar surface area (TPSA) is 37.4 Å². The first-order chi connectivity index (χ1) is 9.49. The van der Waals surface area contributed by atoms with Gasteiger partial charge >= 0.3 is 0 Å². The molecule has 0 saturated heterocycles. The summed E-state index contributed by atoms with van der Waals surface area (Å²) in [4.78, 5) is 25.9. The molecule has 1 aliphatic rings. The minimum absolute atomic E-state index is 0.0305. The van der Waals surface area contributed by atoms with Gasteiger partial charge in [0.25, 0.3) is 11.7 Å². The number of benzene rings is 1. The SMILES string of the molecule is O=C1C(=O)N(Cc2cc(Br)cs2)c2c(F)ccc(Cl)c21. The summed E-state index contributed by atoms with van der Waals surface area (Å²) in [7, 11) is 0. The maximum Gasteiger partial charge on any atom is 0.299 e. The van der Waals surface area contributed by atoms with Crippen molar-refractivity contribution in [2.75, 3.05) is 4.90 Å². The summed E-state index contributed by atoms with van der Waals surface area (Å²) in [6, 6.07) is 4.26. The molecule has 102 valence electrons. The van der Waals surface area contributed by atoms with Crippen molar-refractivity contribution in [3.63, 3.8) is 0 Å². The molecule has 0 radical (unpaired) electrons. The van der Waals surface area contributed by atoms with E-state index in [1.54, 1.807) is 0 Å². The van der Waals surface area contributed by atoms with Crippen molar-refractivity contribution in [3.8, 4) is 0 Å². The van der Waals surface area contributed by atoms with Gasteiger partial charge in [-0.15, -0.1) is 11.3 Å². The quantitative estimate of drug-likeness (QED) is 0.744. The Kier molecular flexibility index (Phi) is 3.40. The Morgan fingerprint density at radius 1 is 1.35 bits per heavy atom. The van der Waals surface area contributed by atoms with Crippen LogP contribution in [0.3, 0.4) is 0 Å². The van der Waals surface area contributed by atoms with Gasteiger partial charge in [-0.25, -0.2) is 4.39 Å². The number of amides is 1. The second kappa shape index (κ2) is 4.95. The van der Waals surface area contributed by atoms with Crippen molar-refractivity contribution in [1.82, 2.24) is 0 Å². The second-order valence-corrected chi connectivity index (χ2v) is 6.52. The van der Waals surface area contributed by atoms with Gasteiger partial charge in [-0.05, 0) is 34.1 Å². The number of nitrogens with zero attached hydrogens (tertiary/aromatic N) is 1. The Bertz CT molecular complexity index is 746. The van der Waals surface area contributed by atoms with Gasteiger partial charge in [-0.1, -0.05) is 11.6 Å². The van der Waals surface area contributed by atoms with Crippen molar-refractivity contribution >= 4 is 56.2 Å². The van der Waals surface area contributed by atoms with Gasteiger partial charge in [-0.3, -0.25) is 14.5 Å². The highest BCUT2D eigenvalue weighted by Crippen LogP contribution is 2.38. The number of anilines is 1. The smallest absolute Gasteiger partial charge is 0.297 e. The fourth-order valence-electron chi connectivity index (χ4n) is 2.10. The molecule has 1 amide bonds. The van der Waals surface area contributed by atoms with Gasteiger partial charge in [0.2, 0.25) is 0 Å². The van der Waals surface area contributed by atoms with Crippen LogP contribution in [0, 0.1) is 5.82 Å². The minimum Gasteiger partial charge on any atom is -0.297 e. The number of halogens is 3. The first-order valence-electron chi connectivity index (χ1n) is 5.56. The van der Waals surface area contributed by atoms with E-state index in [1.807, 2.05) is 11.4 Å². The van der Waals surface area contributed by atoms with Crippen LogP contribution in [-0.4, -0.2) is 11.7 Å². The molecule has 3 rings (SSSR count). The molecular formula is C13H6BrClFNO2S. The van der Waals surface area contributed by atoms with Crippen molar-refractivity contribution in [2.45, 2.75) is 6.54 Å². The maximum absolute atomic E-state index is 14.0. The summed E-state index contributed by atoms with van der Waals surface area (Å²) in [5, 5.41) is 1.95. The van der Waals surface area contributed by atoms with E-state index in [4.69, 9.17) is 11.6 Å². The zero-order valence-electron chi connectivity index (χ0n) is 9.82. The van der Waals surface area contributed by atoms with Crippen molar-refractivity contribution in [1.29, 1.82) is 0 Å². The molecule has 0 N–H and O–H groups in total. The lowest BCUT2D eigenvalue weighted by atomic mass is 10.1. The van der Waals surface area contributed by atoms with E-state index in [2.05, 4.69) is 15.9 Å². The summed E-state index contributed by atoms with van der Waals surface area (Å²) >= 11 is 10.6. The third-order valence-electron chi connectivity index (χ3n) is 2.95. The largest absolute Gasteiger partial charge is 0.299 e. The van der Waals surface area contributed by atoms with Crippen LogP contribution in [0.25, 0.3) is 0 Å². The highest BCUT2D eigenvalue weighted by molar-refractivity contribution is 9.10. The number of thiophene rings is 1. The molecule has 7 heteroatoms. The first-order valence-corrected chi connectivity index (χ1v) is 7.61. The van der Waals surface area contributed by atoms with Crippen molar-refractivity contribution < 1.29 is 14.0 Å². The molecule has 0 saturated carbocycles. The summed E-state index contributed by atoms with van der Waals surface area (Å²) in [6.45, 7) is 0.144. The molecule has 2 aromatic rings. The van der Waals surface area contributed by atoms with Crippen LogP contribution in [0.5, 0.6) is 0 Å². The molecule has 0 aliphatic carbocycles. The number of Topliss-reactive ketones (excluding diaryl/α,β-unsaturated/α-hetero) is 1. The summed E-state index contributed by atoms with van der Waals surface area (Å²) in [5.74, 6) is -2.14. The standard InChI is InChI=1S/C13H6BrClFNO2S/c14-6-3-7(20-5-6)4-17-11-9(16)2-1-8(15)10(11)12(18)13(17)19/h1-3,5H,4H2. The zero-order chi connectivity index (χ0) is 14.4. The van der Waals surface area contributed by atoms with Gasteiger partial charge in [0, 0.05) is 14.7 Å². The van der Waals surface area contributed by atoms with Crippen molar-refractivity contribution in [2.24, 2.45) is 0 Å². The Hall–Kier alpha value is -1.24. The molecule has 1 aromatic carbocycles. The molecule has 0 fully saturated rings. The summed E-state index contributed by atoms with van der Waals surface area (Å²) < 4.78 is 14.8. The van der Waals surface area contributed by atoms with Gasteiger partial charge in [0.15, 0.2) is 0 Å². The Labute approximate surface area is 131 Å². The Morgan fingerprint density at radius 2 is 2.10 bits per heavy atom. The van der Waals surface area contributed by atoms with Crippen LogP contribution in [0.15, 0.2) is 28.1 Å². The summed E-state index contributed by atoms with van der Waals surface area (Å²) in [6.07, 6.45) is 0. The number of fused-ring (bicyclic) bond motifs is 1. The van der Waals surface area contributed by atoms with Crippen LogP contribution in [0.4, 0.5) is 10.1 Å². The van der Waals surface area contributed by atoms with E-state index in [1.165, 1.54) is 17.4 Å². The Morgan fingerprint density at radius 3 is 2.75 bits per heavy atom. The van der Waals surface area contributed by atoms with E-state index in [9.17, 15) is 14.0 Å². The molecular weight excluding hydrogens is 369 g/mol. The summed E-state index contributed by atoms with van der Waals surface area (Å²) in [5.41, 5.74) is -0.0793. The molecule has 0 unspecified atom stereocenters. The van der Waals surface area contributed by atoms with Crippen molar-refractivity contribution in [3.05, 3.63) is 49.3 Å². The monoisotopic (exact) mass is 373 g/mol. The van der Waals surface area contributed by atoms with E-state index in [-0.39, 0.29) is 22.8 Å². The third-order valence-corrected chi connectivity index (χ3v) is 4.95. The lowest BCUT2D eigenvalue weighted by Crippen LogP contribution is -2.29. The Balaban J connectivity index is 2.08. The molecule has 1 aliphatic heterocycles. The number of hydrogen-bond acceptors (Lipinski definition) is 3. The minimum atomic E-state index is -0.764. The number of carbonyl (C=O) groups excluding carboxylic acids is 2. The maximum atomic E-state index is 14.0. The molecule has 2 heterocycles. The van der Waals surface area contributed by atoms with E-state index in [0.29, 0.717) is 0 Å². The predicted octanol–water partition coefficient (Wildman–Crippen LogP) is 4.03. The zero-order valence-corrected chi connectivity index (χ0v) is 13.0. The molecule has 0 bridgehead atoms. The van der Waals surface area contributed by atoms with Gasteiger partial charge in [0.1, 0.15) is 5.82 Å². The van der Waals surface area contributed by atoms with Gasteiger partial charge < -0.3 is 0 Å². The van der Waals surface area contributed by atoms with E-state index in [0.717, 1.165) is 20.3 Å². The molecule has 20 heavy (non-hydrogen) atoms. The highest BCUT2D eigenvalue weighted by Gasteiger charge is 2.40. The number of rotatable bonds is 2. The lowest BCUT2D eigenvalue weighted by Gasteiger charge is -2.16. The molecule has 3 nitrogen and oxygen atoms in total. The normalized spacial score (nSPS) is 14.1. The first kappa shape index (κ1) is 13.7. The highest BCUT2D eigenvalue weighted by atomic mass is 79.9. The fraction of sp³-hybridized carbons (Fsp3) is 0.0769. The van der Waals surface area contributed by atoms with Crippen LogP contribution in [-0.2, 0) is 11.3 Å². The predicted molar refractivity (Wildman–Crippen MR) is 78.9 cm³/mol. The van der Waals surface area contributed by atoms with Crippen LogP contribution >= 0.6 is 38.9 Å². The average molecular weight is 375 g/mol. The number of ketones is 1. The number of carbonyl (C=O) groups is 2. The molecule has 0 spiro atoms. The lowest BCUT2D eigenvalue weighted by molar-refractivity contribution is -0.114. The van der Waals surface area contributed by atoms with Crippen LogP contribution in [0.2, 0.25) is 5.02 Å². The van der Waals surface area contributed by atoms with Crippen LogP contribution < -0.4 is 4.90 Å².